The van der Waals surface area contributed by atoms with E-state index in [4.69, 9.17) is 4.74 Å². The van der Waals surface area contributed by atoms with E-state index in [1.165, 1.54) is 31.2 Å². The van der Waals surface area contributed by atoms with Gasteiger partial charge in [0.1, 0.15) is 21.3 Å². The van der Waals surface area contributed by atoms with Crippen molar-refractivity contribution < 1.29 is 18.7 Å². The quantitative estimate of drug-likeness (QED) is 0.662. The second-order valence-electron chi connectivity index (χ2n) is 6.87. The molecule has 0 radical (unpaired) electrons. The van der Waals surface area contributed by atoms with Gasteiger partial charge in [0.2, 0.25) is 0 Å². The van der Waals surface area contributed by atoms with Crippen molar-refractivity contribution in [3.63, 3.8) is 0 Å². The number of aromatic nitrogens is 2. The van der Waals surface area contributed by atoms with E-state index in [9.17, 15) is 18.8 Å². The lowest BCUT2D eigenvalue weighted by molar-refractivity contribution is -0.123. The number of nitrogens with zero attached hydrogens (tertiary/aromatic N) is 2. The fraction of sp³-hybridized carbons (Fsp3) is 0.300. The molecule has 1 N–H and O–H groups in total. The number of carbonyl (C=O) groups is 2. The third-order valence-corrected chi connectivity index (χ3v) is 6.03. The summed E-state index contributed by atoms with van der Waals surface area (Å²) in [5, 5.41) is 2.99. The van der Waals surface area contributed by atoms with Crippen molar-refractivity contribution in [1.82, 2.24) is 9.55 Å². The highest BCUT2D eigenvalue weighted by molar-refractivity contribution is 7.20. The number of ether oxygens (including phenoxy) is 1. The molecule has 1 amide bonds. The maximum atomic E-state index is 13.0. The molecule has 0 aliphatic carbocycles. The number of rotatable bonds is 4. The summed E-state index contributed by atoms with van der Waals surface area (Å²) in [6.07, 6.45) is 0.549. The minimum absolute atomic E-state index is 0.141. The second-order valence-corrected chi connectivity index (χ2v) is 7.87. The fourth-order valence-electron chi connectivity index (χ4n) is 3.31. The van der Waals surface area contributed by atoms with Crippen LogP contribution < -0.4 is 10.9 Å². The van der Waals surface area contributed by atoms with Crippen LogP contribution in [0.3, 0.4) is 0 Å². The first-order valence-corrected chi connectivity index (χ1v) is 9.97. The van der Waals surface area contributed by atoms with E-state index in [1.54, 1.807) is 11.5 Å². The molecule has 1 atom stereocenters. The summed E-state index contributed by atoms with van der Waals surface area (Å²) in [4.78, 5) is 42.9. The summed E-state index contributed by atoms with van der Waals surface area (Å²) in [6.45, 7) is 3.76. The van der Waals surface area contributed by atoms with E-state index < -0.39 is 23.8 Å². The lowest BCUT2D eigenvalue weighted by atomic mass is 10.2. The maximum Gasteiger partial charge on any atom is 0.349 e. The summed E-state index contributed by atoms with van der Waals surface area (Å²) >= 11 is 1.10. The number of thiophene rings is 1. The Hall–Kier alpha value is -3.07. The SMILES string of the molecule is Cc1c(C(=O)O[C@@H](C)C(=O)Nc2ccc(F)cc2)sc2nc3n(c(=O)c12)CCC3. The topological polar surface area (TPSA) is 90.3 Å². The summed E-state index contributed by atoms with van der Waals surface area (Å²) in [5.74, 6) is -0.911. The first-order chi connectivity index (χ1) is 13.8. The zero-order valence-corrected chi connectivity index (χ0v) is 16.6. The van der Waals surface area contributed by atoms with E-state index in [1.807, 2.05) is 0 Å². The number of halogens is 1. The van der Waals surface area contributed by atoms with Gasteiger partial charge < -0.3 is 10.1 Å². The molecule has 150 valence electrons. The van der Waals surface area contributed by atoms with Crippen LogP contribution in [0, 0.1) is 12.7 Å². The Morgan fingerprint density at radius 2 is 2.03 bits per heavy atom. The van der Waals surface area contributed by atoms with Crippen LogP contribution in [-0.2, 0) is 22.5 Å². The van der Waals surface area contributed by atoms with Crippen molar-refractivity contribution in [3.05, 3.63) is 56.7 Å². The van der Waals surface area contributed by atoms with Crippen LogP contribution in [0.15, 0.2) is 29.1 Å². The number of aryl methyl sites for hydroxylation is 2. The minimum Gasteiger partial charge on any atom is -0.448 e. The van der Waals surface area contributed by atoms with Crippen molar-refractivity contribution in [2.75, 3.05) is 5.32 Å². The van der Waals surface area contributed by atoms with Gasteiger partial charge in [-0.3, -0.25) is 14.2 Å². The fourth-order valence-corrected chi connectivity index (χ4v) is 4.39. The highest BCUT2D eigenvalue weighted by atomic mass is 32.1. The predicted octanol–water partition coefficient (Wildman–Crippen LogP) is 3.04. The van der Waals surface area contributed by atoms with Crippen LogP contribution in [0.4, 0.5) is 10.1 Å². The van der Waals surface area contributed by atoms with E-state index >= 15 is 0 Å². The van der Waals surface area contributed by atoms with Gasteiger partial charge in [0.25, 0.3) is 11.5 Å². The van der Waals surface area contributed by atoms with Crippen LogP contribution in [0.5, 0.6) is 0 Å². The molecule has 7 nitrogen and oxygen atoms in total. The van der Waals surface area contributed by atoms with Gasteiger partial charge in [-0.1, -0.05) is 0 Å². The molecule has 3 heterocycles. The Bertz CT molecular complexity index is 1180. The Morgan fingerprint density at radius 3 is 2.76 bits per heavy atom. The Kier molecular flexibility index (Phi) is 4.91. The molecule has 1 aromatic carbocycles. The minimum atomic E-state index is -1.07. The molecular formula is C20H18FN3O4S. The molecule has 0 bridgehead atoms. The molecule has 4 rings (SSSR count). The summed E-state index contributed by atoms with van der Waals surface area (Å²) in [7, 11) is 0. The zero-order chi connectivity index (χ0) is 20.7. The van der Waals surface area contributed by atoms with Crippen LogP contribution in [0.25, 0.3) is 10.2 Å². The van der Waals surface area contributed by atoms with Crippen LogP contribution in [-0.4, -0.2) is 27.5 Å². The average Bonchev–Trinajstić information content (AvgIpc) is 3.28. The number of fused-ring (bicyclic) bond motifs is 2. The van der Waals surface area contributed by atoms with Crippen molar-refractivity contribution in [2.24, 2.45) is 0 Å². The molecule has 0 unspecified atom stereocenters. The van der Waals surface area contributed by atoms with Gasteiger partial charge in [0, 0.05) is 18.7 Å². The number of nitrogens with one attached hydrogen (secondary N) is 1. The third kappa shape index (κ3) is 3.53. The van der Waals surface area contributed by atoms with Gasteiger partial charge in [0.15, 0.2) is 6.10 Å². The van der Waals surface area contributed by atoms with Gasteiger partial charge >= 0.3 is 5.97 Å². The molecule has 0 spiro atoms. The Morgan fingerprint density at radius 1 is 1.31 bits per heavy atom. The van der Waals surface area contributed by atoms with Crippen molar-refractivity contribution >= 4 is 39.1 Å². The number of amides is 1. The molecule has 0 saturated heterocycles. The Balaban J connectivity index is 1.53. The molecule has 3 aromatic rings. The first-order valence-electron chi connectivity index (χ1n) is 9.15. The highest BCUT2D eigenvalue weighted by Gasteiger charge is 2.26. The summed E-state index contributed by atoms with van der Waals surface area (Å²) < 4.78 is 19.9. The largest absolute Gasteiger partial charge is 0.448 e. The number of hydrogen-bond donors (Lipinski definition) is 1. The van der Waals surface area contributed by atoms with Gasteiger partial charge in [-0.15, -0.1) is 11.3 Å². The van der Waals surface area contributed by atoms with E-state index in [-0.39, 0.29) is 10.4 Å². The molecule has 0 saturated carbocycles. The first kappa shape index (κ1) is 19.3. The highest BCUT2D eigenvalue weighted by Crippen LogP contribution is 2.29. The molecule has 2 aromatic heterocycles. The van der Waals surface area contributed by atoms with E-state index in [0.29, 0.717) is 28.0 Å². The zero-order valence-electron chi connectivity index (χ0n) is 15.8. The van der Waals surface area contributed by atoms with Crippen LogP contribution >= 0.6 is 11.3 Å². The van der Waals surface area contributed by atoms with Crippen molar-refractivity contribution in [2.45, 2.75) is 39.3 Å². The molecule has 9 heteroatoms. The molecular weight excluding hydrogens is 397 g/mol. The van der Waals surface area contributed by atoms with Crippen LogP contribution in [0.2, 0.25) is 0 Å². The number of esters is 1. The molecule has 1 aliphatic rings. The molecule has 0 fully saturated rings. The smallest absolute Gasteiger partial charge is 0.349 e. The number of anilines is 1. The second kappa shape index (κ2) is 7.40. The summed E-state index contributed by atoms with van der Waals surface area (Å²) in [5.41, 5.74) is 0.766. The normalized spacial score (nSPS) is 13.9. The van der Waals surface area contributed by atoms with Crippen molar-refractivity contribution in [1.29, 1.82) is 0 Å². The van der Waals surface area contributed by atoms with Crippen LogP contribution in [0.1, 0.15) is 34.4 Å². The Labute approximate surface area is 169 Å². The van der Waals surface area contributed by atoms with Gasteiger partial charge in [-0.05, 0) is 50.1 Å². The lowest BCUT2D eigenvalue weighted by Crippen LogP contribution is -2.30. The molecule has 1 aliphatic heterocycles. The van der Waals surface area contributed by atoms with Gasteiger partial charge in [0.05, 0.1) is 5.39 Å². The van der Waals surface area contributed by atoms with E-state index in [0.717, 1.165) is 30.0 Å². The van der Waals surface area contributed by atoms with Crippen molar-refractivity contribution in [3.8, 4) is 0 Å². The lowest BCUT2D eigenvalue weighted by Gasteiger charge is -2.13. The predicted molar refractivity (Wildman–Crippen MR) is 107 cm³/mol. The monoisotopic (exact) mass is 415 g/mol. The van der Waals surface area contributed by atoms with Gasteiger partial charge in [-0.25, -0.2) is 14.2 Å². The van der Waals surface area contributed by atoms with E-state index in [2.05, 4.69) is 10.3 Å². The standard InChI is InChI=1S/C20H18FN3O4S/c1-10-15-18(23-14-4-3-9-24(14)19(15)26)29-16(10)20(27)28-11(2)17(25)22-13-7-5-12(21)6-8-13/h5-8,11H,3-4,9H2,1-2H3,(H,22,25)/t11-/m0/s1. The third-order valence-electron chi connectivity index (χ3n) is 4.86. The summed E-state index contributed by atoms with van der Waals surface area (Å²) in [6, 6.07) is 5.26. The number of carbonyl (C=O) groups excluding carboxylic acids is 2. The number of hydrogen-bond acceptors (Lipinski definition) is 6. The average molecular weight is 415 g/mol. The molecule has 29 heavy (non-hydrogen) atoms. The van der Waals surface area contributed by atoms with Gasteiger partial charge in [-0.2, -0.15) is 0 Å². The number of benzene rings is 1. The maximum absolute atomic E-state index is 13.0.